The highest BCUT2D eigenvalue weighted by Crippen LogP contribution is 2.32. The lowest BCUT2D eigenvalue weighted by Crippen LogP contribution is -2.30. The highest BCUT2D eigenvalue weighted by atomic mass is 19.1. The molecule has 0 saturated heterocycles. The number of aliphatic imine (C=N–C) groups is 1. The average Bonchev–Trinajstić information content (AvgIpc) is 2.83. The van der Waals surface area contributed by atoms with Crippen molar-refractivity contribution in [3.8, 4) is 11.5 Å². The van der Waals surface area contributed by atoms with Crippen LogP contribution in [0.15, 0.2) is 47.5 Å². The molecule has 1 heterocycles. The fraction of sp³-hybridized carbons (Fsp3) is 0.278. The minimum absolute atomic E-state index is 0.250. The molecular formula is C18H20FN3O2. The van der Waals surface area contributed by atoms with Crippen LogP contribution in [0.2, 0.25) is 0 Å². The van der Waals surface area contributed by atoms with Gasteiger partial charge in [-0.15, -0.1) is 0 Å². The predicted molar refractivity (Wildman–Crippen MR) is 92.3 cm³/mol. The summed E-state index contributed by atoms with van der Waals surface area (Å²) in [6.45, 7) is 1.78. The lowest BCUT2D eigenvalue weighted by atomic mass is 10.2. The number of halogens is 1. The molecule has 0 atom stereocenters. The molecule has 126 valence electrons. The van der Waals surface area contributed by atoms with Crippen LogP contribution in [0.25, 0.3) is 0 Å². The Bertz CT molecular complexity index is 734. The monoisotopic (exact) mass is 329 g/mol. The van der Waals surface area contributed by atoms with Gasteiger partial charge >= 0.3 is 0 Å². The van der Waals surface area contributed by atoms with Crippen LogP contribution in [0.3, 0.4) is 0 Å². The Balaban J connectivity index is 1.64. The van der Waals surface area contributed by atoms with Gasteiger partial charge in [-0.25, -0.2) is 4.39 Å². The standard InChI is InChI=1S/C18H20FN3O2/c1-20-18(21-12-13-4-2-5-14(19)10-13)22-15-6-7-16-17(11-15)24-9-3-8-23-16/h2,4-7,10-11H,3,8-9,12H2,1H3,(H2,20,21,22). The van der Waals surface area contributed by atoms with Crippen LogP contribution in [-0.2, 0) is 6.54 Å². The number of anilines is 1. The first-order chi connectivity index (χ1) is 11.7. The van der Waals surface area contributed by atoms with Crippen LogP contribution in [0.5, 0.6) is 11.5 Å². The highest BCUT2D eigenvalue weighted by molar-refractivity contribution is 5.93. The summed E-state index contributed by atoms with van der Waals surface area (Å²) >= 11 is 0. The first kappa shape index (κ1) is 16.1. The van der Waals surface area contributed by atoms with Crippen LogP contribution in [0.1, 0.15) is 12.0 Å². The number of hydrogen-bond donors (Lipinski definition) is 2. The molecule has 0 radical (unpaired) electrons. The average molecular weight is 329 g/mol. The van der Waals surface area contributed by atoms with E-state index in [0.717, 1.165) is 29.2 Å². The van der Waals surface area contributed by atoms with Gasteiger partial charge in [0, 0.05) is 31.8 Å². The lowest BCUT2D eigenvalue weighted by molar-refractivity contribution is 0.297. The van der Waals surface area contributed by atoms with E-state index in [1.807, 2.05) is 24.3 Å². The number of fused-ring (bicyclic) bond motifs is 1. The fourth-order valence-electron chi connectivity index (χ4n) is 2.39. The first-order valence-electron chi connectivity index (χ1n) is 7.86. The minimum Gasteiger partial charge on any atom is -0.490 e. The molecule has 2 aromatic rings. The van der Waals surface area contributed by atoms with Crippen molar-refractivity contribution in [1.82, 2.24) is 5.32 Å². The van der Waals surface area contributed by atoms with Crippen molar-refractivity contribution in [3.05, 3.63) is 53.8 Å². The molecule has 0 amide bonds. The Morgan fingerprint density at radius 1 is 1.12 bits per heavy atom. The summed E-state index contributed by atoms with van der Waals surface area (Å²) in [6.07, 6.45) is 0.869. The van der Waals surface area contributed by atoms with E-state index in [9.17, 15) is 4.39 Å². The van der Waals surface area contributed by atoms with Crippen LogP contribution in [0, 0.1) is 5.82 Å². The molecule has 0 unspecified atom stereocenters. The van der Waals surface area contributed by atoms with E-state index in [1.165, 1.54) is 12.1 Å². The molecule has 3 rings (SSSR count). The van der Waals surface area contributed by atoms with E-state index in [-0.39, 0.29) is 5.82 Å². The number of hydrogen-bond acceptors (Lipinski definition) is 3. The van der Waals surface area contributed by atoms with Crippen molar-refractivity contribution in [1.29, 1.82) is 0 Å². The zero-order chi connectivity index (χ0) is 16.8. The summed E-state index contributed by atoms with van der Waals surface area (Å²) in [7, 11) is 1.68. The SMILES string of the molecule is CN=C(NCc1cccc(F)c1)Nc1ccc2c(c1)OCCCO2. The van der Waals surface area contributed by atoms with Crippen molar-refractivity contribution in [2.45, 2.75) is 13.0 Å². The fourth-order valence-corrected chi connectivity index (χ4v) is 2.39. The molecule has 0 bridgehead atoms. The molecule has 2 N–H and O–H groups in total. The zero-order valence-corrected chi connectivity index (χ0v) is 13.5. The van der Waals surface area contributed by atoms with Crippen LogP contribution in [0.4, 0.5) is 10.1 Å². The van der Waals surface area contributed by atoms with E-state index in [2.05, 4.69) is 15.6 Å². The molecule has 6 heteroatoms. The molecule has 0 aromatic heterocycles. The van der Waals surface area contributed by atoms with Crippen LogP contribution in [-0.4, -0.2) is 26.2 Å². The van der Waals surface area contributed by atoms with Gasteiger partial charge in [0.1, 0.15) is 5.82 Å². The Morgan fingerprint density at radius 3 is 2.75 bits per heavy atom. The lowest BCUT2D eigenvalue weighted by Gasteiger charge is -2.14. The van der Waals surface area contributed by atoms with Gasteiger partial charge in [-0.1, -0.05) is 12.1 Å². The molecule has 24 heavy (non-hydrogen) atoms. The second-order valence-corrected chi connectivity index (χ2v) is 5.39. The Kier molecular flexibility index (Phi) is 5.15. The third kappa shape index (κ3) is 4.16. The number of ether oxygens (including phenoxy) is 2. The third-order valence-corrected chi connectivity index (χ3v) is 3.58. The van der Waals surface area contributed by atoms with Crippen molar-refractivity contribution in [2.24, 2.45) is 4.99 Å². The molecule has 1 aliphatic heterocycles. The summed E-state index contributed by atoms with van der Waals surface area (Å²) in [5.74, 6) is 1.81. The van der Waals surface area contributed by atoms with Gasteiger partial charge in [-0.3, -0.25) is 4.99 Å². The maximum absolute atomic E-state index is 13.2. The van der Waals surface area contributed by atoms with Crippen molar-refractivity contribution in [3.63, 3.8) is 0 Å². The second kappa shape index (κ2) is 7.68. The number of nitrogens with zero attached hydrogens (tertiary/aromatic N) is 1. The summed E-state index contributed by atoms with van der Waals surface area (Å²) in [4.78, 5) is 4.18. The number of benzene rings is 2. The maximum atomic E-state index is 13.2. The van der Waals surface area contributed by atoms with Gasteiger partial charge < -0.3 is 20.1 Å². The smallest absolute Gasteiger partial charge is 0.195 e. The molecule has 0 fully saturated rings. The van der Waals surface area contributed by atoms with E-state index >= 15 is 0 Å². The Morgan fingerprint density at radius 2 is 1.96 bits per heavy atom. The molecule has 2 aromatic carbocycles. The molecule has 5 nitrogen and oxygen atoms in total. The van der Waals surface area contributed by atoms with Gasteiger partial charge in [-0.2, -0.15) is 0 Å². The highest BCUT2D eigenvalue weighted by Gasteiger charge is 2.11. The Labute approximate surface area is 140 Å². The number of nitrogens with one attached hydrogen (secondary N) is 2. The second-order valence-electron chi connectivity index (χ2n) is 5.39. The molecule has 0 aliphatic carbocycles. The topological polar surface area (TPSA) is 54.9 Å². The molecule has 0 spiro atoms. The van der Waals surface area contributed by atoms with Crippen LogP contribution < -0.4 is 20.1 Å². The van der Waals surface area contributed by atoms with Crippen molar-refractivity contribution >= 4 is 11.6 Å². The normalized spacial score (nSPS) is 14.0. The zero-order valence-electron chi connectivity index (χ0n) is 13.5. The summed E-state index contributed by atoms with van der Waals surface area (Å²) < 4.78 is 24.5. The summed E-state index contributed by atoms with van der Waals surface area (Å²) in [5.41, 5.74) is 1.68. The largest absolute Gasteiger partial charge is 0.490 e. The van der Waals surface area contributed by atoms with Gasteiger partial charge in [0.05, 0.1) is 13.2 Å². The number of rotatable bonds is 3. The molecule has 0 saturated carbocycles. The third-order valence-electron chi connectivity index (χ3n) is 3.58. The van der Waals surface area contributed by atoms with Gasteiger partial charge in [0.25, 0.3) is 0 Å². The van der Waals surface area contributed by atoms with Gasteiger partial charge in [0.15, 0.2) is 17.5 Å². The van der Waals surface area contributed by atoms with E-state index < -0.39 is 0 Å². The number of guanidine groups is 1. The maximum Gasteiger partial charge on any atom is 0.195 e. The van der Waals surface area contributed by atoms with Crippen LogP contribution >= 0.6 is 0 Å². The van der Waals surface area contributed by atoms with Crippen molar-refractivity contribution < 1.29 is 13.9 Å². The predicted octanol–water partition coefficient (Wildman–Crippen LogP) is 3.17. The van der Waals surface area contributed by atoms with Gasteiger partial charge in [-0.05, 0) is 29.8 Å². The molecular weight excluding hydrogens is 309 g/mol. The van der Waals surface area contributed by atoms with E-state index in [1.54, 1.807) is 13.1 Å². The summed E-state index contributed by atoms with van der Waals surface area (Å²) in [6, 6.07) is 12.1. The van der Waals surface area contributed by atoms with E-state index in [0.29, 0.717) is 25.7 Å². The molecule has 1 aliphatic rings. The first-order valence-corrected chi connectivity index (χ1v) is 7.86. The Hall–Kier alpha value is -2.76. The van der Waals surface area contributed by atoms with Crippen molar-refractivity contribution in [2.75, 3.05) is 25.6 Å². The minimum atomic E-state index is -0.250. The quantitative estimate of drug-likeness (QED) is 0.671. The summed E-state index contributed by atoms with van der Waals surface area (Å²) in [5, 5.41) is 6.35. The van der Waals surface area contributed by atoms with E-state index in [4.69, 9.17) is 9.47 Å². The van der Waals surface area contributed by atoms with Gasteiger partial charge in [0.2, 0.25) is 0 Å².